The minimum atomic E-state index is -0.256. The Bertz CT molecular complexity index is 1410. The molecule has 0 spiro atoms. The SMILES string of the molecule is Fc1ccc(Cn2cc3c(-c4ccc(Cl)cc4)nnc-3c3cc4c(cc32)OCCO4)cc1. The Morgan fingerprint density at radius 1 is 0.875 bits per heavy atom. The number of fused-ring (bicyclic) bond motifs is 4. The second-order valence-electron chi connectivity index (χ2n) is 7.71. The molecule has 0 saturated heterocycles. The van der Waals surface area contributed by atoms with Crippen molar-refractivity contribution in [1.82, 2.24) is 14.8 Å². The van der Waals surface area contributed by atoms with Gasteiger partial charge in [-0.2, -0.15) is 0 Å². The van der Waals surface area contributed by atoms with Crippen LogP contribution < -0.4 is 9.47 Å². The molecule has 3 aromatic carbocycles. The molecular weight excluding hydrogens is 429 g/mol. The quantitative estimate of drug-likeness (QED) is 0.351. The topological polar surface area (TPSA) is 49.2 Å². The van der Waals surface area contributed by atoms with Gasteiger partial charge < -0.3 is 14.0 Å². The van der Waals surface area contributed by atoms with Gasteiger partial charge in [0.15, 0.2) is 11.5 Å². The molecule has 158 valence electrons. The van der Waals surface area contributed by atoms with E-state index < -0.39 is 0 Å². The molecule has 3 aliphatic heterocycles. The first-order valence-electron chi connectivity index (χ1n) is 10.2. The van der Waals surface area contributed by atoms with Crippen LogP contribution in [0.4, 0.5) is 4.39 Å². The van der Waals surface area contributed by atoms with Crippen molar-refractivity contribution in [2.24, 2.45) is 0 Å². The summed E-state index contributed by atoms with van der Waals surface area (Å²) in [6.45, 7) is 1.57. The standard InChI is InChI=1S/C25H17ClFN3O2/c26-17-5-3-16(4-6-17)24-20-14-30(13-15-1-7-18(27)8-2-15)21-12-23-22(31-9-10-32-23)11-19(21)25(20)29-28-24/h1-8,11-12,14H,9-10,13H2. The van der Waals surface area contributed by atoms with Crippen molar-refractivity contribution >= 4 is 22.5 Å². The molecule has 0 aromatic heterocycles. The summed E-state index contributed by atoms with van der Waals surface area (Å²) >= 11 is 6.07. The van der Waals surface area contributed by atoms with Crippen LogP contribution in [0, 0.1) is 5.82 Å². The van der Waals surface area contributed by atoms with Crippen LogP contribution in [-0.2, 0) is 6.54 Å². The molecule has 3 aliphatic rings. The Morgan fingerprint density at radius 3 is 2.31 bits per heavy atom. The molecule has 0 bridgehead atoms. The number of rotatable bonds is 3. The lowest BCUT2D eigenvalue weighted by molar-refractivity contribution is 0.172. The van der Waals surface area contributed by atoms with Crippen LogP contribution in [0.3, 0.4) is 0 Å². The van der Waals surface area contributed by atoms with Gasteiger partial charge in [0.2, 0.25) is 0 Å². The molecule has 5 nitrogen and oxygen atoms in total. The summed E-state index contributed by atoms with van der Waals surface area (Å²) in [6, 6.07) is 18.0. The minimum Gasteiger partial charge on any atom is -0.486 e. The highest BCUT2D eigenvalue weighted by Crippen LogP contribution is 2.42. The van der Waals surface area contributed by atoms with Gasteiger partial charge >= 0.3 is 0 Å². The largest absolute Gasteiger partial charge is 0.486 e. The molecule has 6 rings (SSSR count). The highest BCUT2D eigenvalue weighted by atomic mass is 35.5. The lowest BCUT2D eigenvalue weighted by Gasteiger charge is -2.21. The first-order valence-corrected chi connectivity index (χ1v) is 10.6. The van der Waals surface area contributed by atoms with Crippen molar-refractivity contribution in [3.8, 4) is 34.0 Å². The summed E-state index contributed by atoms with van der Waals surface area (Å²) in [5, 5.41) is 10.6. The summed E-state index contributed by atoms with van der Waals surface area (Å²) in [6.07, 6.45) is 2.04. The fourth-order valence-electron chi connectivity index (χ4n) is 4.11. The predicted molar refractivity (Wildman–Crippen MR) is 121 cm³/mol. The highest BCUT2D eigenvalue weighted by Gasteiger charge is 2.23. The van der Waals surface area contributed by atoms with Crippen molar-refractivity contribution in [3.63, 3.8) is 0 Å². The normalized spacial score (nSPS) is 13.1. The van der Waals surface area contributed by atoms with E-state index in [9.17, 15) is 4.39 Å². The maximum Gasteiger partial charge on any atom is 0.163 e. The maximum atomic E-state index is 13.4. The van der Waals surface area contributed by atoms with E-state index in [2.05, 4.69) is 14.8 Å². The van der Waals surface area contributed by atoms with Gasteiger partial charge in [-0.05, 0) is 35.9 Å². The molecule has 0 radical (unpaired) electrons. The molecular formula is C25H17ClFN3O2. The van der Waals surface area contributed by atoms with Crippen LogP contribution in [0.1, 0.15) is 5.56 Å². The van der Waals surface area contributed by atoms with E-state index in [4.69, 9.17) is 21.1 Å². The zero-order valence-electron chi connectivity index (χ0n) is 16.9. The molecule has 0 atom stereocenters. The first kappa shape index (κ1) is 19.1. The Kier molecular flexibility index (Phi) is 4.47. The van der Waals surface area contributed by atoms with Gasteiger partial charge in [-0.3, -0.25) is 0 Å². The fraction of sp³-hybridized carbons (Fsp3) is 0.120. The lowest BCUT2D eigenvalue weighted by atomic mass is 10.0. The number of pyridine rings is 1. The molecule has 0 aliphatic carbocycles. The average Bonchev–Trinajstić information content (AvgIpc) is 3.24. The summed E-state index contributed by atoms with van der Waals surface area (Å²) in [5.41, 5.74) is 5.33. The minimum absolute atomic E-state index is 0.256. The van der Waals surface area contributed by atoms with Gasteiger partial charge in [0.25, 0.3) is 0 Å². The number of ether oxygens (including phenoxy) is 2. The van der Waals surface area contributed by atoms with Crippen LogP contribution in [0.25, 0.3) is 33.4 Å². The van der Waals surface area contributed by atoms with Crippen molar-refractivity contribution in [2.45, 2.75) is 6.54 Å². The van der Waals surface area contributed by atoms with Crippen molar-refractivity contribution in [3.05, 3.63) is 83.3 Å². The second-order valence-corrected chi connectivity index (χ2v) is 8.15. The molecule has 0 saturated carbocycles. The Balaban J connectivity index is 1.58. The smallest absolute Gasteiger partial charge is 0.163 e. The van der Waals surface area contributed by atoms with E-state index in [1.54, 1.807) is 12.1 Å². The molecule has 0 unspecified atom stereocenters. The van der Waals surface area contributed by atoms with Crippen LogP contribution in [0.5, 0.6) is 11.5 Å². The van der Waals surface area contributed by atoms with Gasteiger partial charge in [-0.25, -0.2) is 4.39 Å². The molecule has 0 amide bonds. The Hall–Kier alpha value is -3.64. The number of hydrogen-bond acceptors (Lipinski definition) is 4. The Labute approximate surface area is 188 Å². The number of halogens is 2. The van der Waals surface area contributed by atoms with Crippen molar-refractivity contribution in [2.75, 3.05) is 13.2 Å². The Morgan fingerprint density at radius 2 is 1.56 bits per heavy atom. The van der Waals surface area contributed by atoms with Crippen LogP contribution >= 0.6 is 11.6 Å². The van der Waals surface area contributed by atoms with Crippen LogP contribution in [0.2, 0.25) is 5.02 Å². The van der Waals surface area contributed by atoms with Crippen molar-refractivity contribution < 1.29 is 13.9 Å². The summed E-state index contributed by atoms with van der Waals surface area (Å²) in [7, 11) is 0. The molecule has 0 N–H and O–H groups in total. The third-order valence-electron chi connectivity index (χ3n) is 5.65. The van der Waals surface area contributed by atoms with E-state index in [0.29, 0.717) is 36.3 Å². The maximum absolute atomic E-state index is 13.4. The lowest BCUT2D eigenvalue weighted by Crippen LogP contribution is -2.15. The molecule has 0 fully saturated rings. The molecule has 32 heavy (non-hydrogen) atoms. The second kappa shape index (κ2) is 7.50. The number of nitrogens with zero attached hydrogens (tertiary/aromatic N) is 3. The molecule has 7 heteroatoms. The van der Waals surface area contributed by atoms with Gasteiger partial charge in [0.1, 0.15) is 30.4 Å². The number of hydrogen-bond donors (Lipinski definition) is 0. The van der Waals surface area contributed by atoms with Gasteiger partial charge in [0.05, 0.1) is 5.52 Å². The summed E-state index contributed by atoms with van der Waals surface area (Å²) in [5.74, 6) is 1.14. The molecule has 3 heterocycles. The average molecular weight is 446 g/mol. The van der Waals surface area contributed by atoms with E-state index in [1.165, 1.54) is 12.1 Å². The third-order valence-corrected chi connectivity index (χ3v) is 5.91. The van der Waals surface area contributed by atoms with Crippen LogP contribution in [0.15, 0.2) is 66.9 Å². The van der Waals surface area contributed by atoms with E-state index >= 15 is 0 Å². The van der Waals surface area contributed by atoms with Gasteiger partial charge in [-0.15, -0.1) is 10.2 Å². The molecule has 3 aromatic rings. The zero-order valence-corrected chi connectivity index (χ0v) is 17.6. The van der Waals surface area contributed by atoms with Crippen LogP contribution in [-0.4, -0.2) is 28.0 Å². The summed E-state index contributed by atoms with van der Waals surface area (Å²) < 4.78 is 27.2. The van der Waals surface area contributed by atoms with E-state index in [-0.39, 0.29) is 5.82 Å². The first-order chi connectivity index (χ1) is 15.7. The highest BCUT2D eigenvalue weighted by molar-refractivity contribution is 6.30. The monoisotopic (exact) mass is 445 g/mol. The summed E-state index contributed by atoms with van der Waals surface area (Å²) in [4.78, 5) is 0. The number of benzene rings is 3. The predicted octanol–water partition coefficient (Wildman–Crippen LogP) is 5.82. The van der Waals surface area contributed by atoms with Gasteiger partial charge in [0, 0.05) is 40.3 Å². The third kappa shape index (κ3) is 3.24. The fourth-order valence-corrected chi connectivity index (χ4v) is 4.24. The number of aromatic nitrogens is 3. The van der Waals surface area contributed by atoms with Crippen molar-refractivity contribution in [1.29, 1.82) is 0 Å². The van der Waals surface area contributed by atoms with E-state index in [0.717, 1.165) is 39.0 Å². The van der Waals surface area contributed by atoms with E-state index in [1.807, 2.05) is 42.6 Å². The zero-order chi connectivity index (χ0) is 21.7. The van der Waals surface area contributed by atoms with Gasteiger partial charge in [-0.1, -0.05) is 35.9 Å².